The van der Waals surface area contributed by atoms with Gasteiger partial charge >= 0.3 is 0 Å². The predicted octanol–water partition coefficient (Wildman–Crippen LogP) is 1.53. The summed E-state index contributed by atoms with van der Waals surface area (Å²) in [5.74, 6) is 0.124. The fraction of sp³-hybridized carbons (Fsp3) is 0.429. The lowest BCUT2D eigenvalue weighted by Gasteiger charge is -2.19. The van der Waals surface area contributed by atoms with Crippen molar-refractivity contribution in [3.05, 3.63) is 35.9 Å². The van der Waals surface area contributed by atoms with Crippen LogP contribution in [0.2, 0.25) is 0 Å². The van der Waals surface area contributed by atoms with Gasteiger partial charge in [-0.25, -0.2) is 0 Å². The van der Waals surface area contributed by atoms with E-state index in [4.69, 9.17) is 0 Å². The molecule has 0 aliphatic carbocycles. The lowest BCUT2D eigenvalue weighted by Crippen LogP contribution is -2.39. The van der Waals surface area contributed by atoms with E-state index in [-0.39, 0.29) is 18.4 Å². The molecule has 0 unspecified atom stereocenters. The quantitative estimate of drug-likeness (QED) is 0.859. The number of carbonyl (C=O) groups excluding carboxylic acids is 2. The van der Waals surface area contributed by atoms with Crippen LogP contribution in [0, 0.1) is 5.92 Å². The first kappa shape index (κ1) is 14.2. The van der Waals surface area contributed by atoms with E-state index in [2.05, 4.69) is 5.32 Å². The zero-order valence-corrected chi connectivity index (χ0v) is 11.1. The van der Waals surface area contributed by atoms with Gasteiger partial charge in [-0.05, 0) is 18.1 Å². The van der Waals surface area contributed by atoms with Crippen LogP contribution in [0.4, 0.5) is 0 Å². The second-order valence-corrected chi connectivity index (χ2v) is 4.72. The Labute approximate surface area is 108 Å². The van der Waals surface area contributed by atoms with Crippen molar-refractivity contribution in [3.8, 4) is 0 Å². The van der Waals surface area contributed by atoms with E-state index >= 15 is 0 Å². The lowest BCUT2D eigenvalue weighted by molar-refractivity contribution is -0.129. The van der Waals surface area contributed by atoms with Gasteiger partial charge in [0.1, 0.15) is 0 Å². The van der Waals surface area contributed by atoms with Crippen molar-refractivity contribution in [2.75, 3.05) is 20.1 Å². The normalized spacial score (nSPS) is 10.2. The van der Waals surface area contributed by atoms with Crippen LogP contribution in [0.3, 0.4) is 0 Å². The van der Waals surface area contributed by atoms with Crippen LogP contribution in [0.1, 0.15) is 24.2 Å². The third-order valence-corrected chi connectivity index (χ3v) is 2.50. The second-order valence-electron chi connectivity index (χ2n) is 4.72. The molecule has 0 bridgehead atoms. The van der Waals surface area contributed by atoms with Gasteiger partial charge in [-0.15, -0.1) is 0 Å². The molecule has 0 radical (unpaired) electrons. The van der Waals surface area contributed by atoms with Crippen molar-refractivity contribution >= 4 is 11.8 Å². The van der Waals surface area contributed by atoms with Gasteiger partial charge in [0.15, 0.2) is 0 Å². The summed E-state index contributed by atoms with van der Waals surface area (Å²) in [6, 6.07) is 8.87. The van der Waals surface area contributed by atoms with Gasteiger partial charge in [-0.1, -0.05) is 32.0 Å². The van der Waals surface area contributed by atoms with E-state index in [0.29, 0.717) is 18.0 Å². The molecule has 0 atom stereocenters. The maximum atomic E-state index is 11.7. The third-order valence-electron chi connectivity index (χ3n) is 2.50. The maximum Gasteiger partial charge on any atom is 0.251 e. The predicted molar refractivity (Wildman–Crippen MR) is 71.3 cm³/mol. The zero-order chi connectivity index (χ0) is 13.5. The Hall–Kier alpha value is -1.84. The number of hydrogen-bond acceptors (Lipinski definition) is 2. The minimum Gasteiger partial charge on any atom is -0.344 e. The third kappa shape index (κ3) is 4.57. The average molecular weight is 248 g/mol. The van der Waals surface area contributed by atoms with Crippen LogP contribution in [0.5, 0.6) is 0 Å². The number of likely N-dealkylation sites (N-methyl/N-ethyl adjacent to an activating group) is 1. The molecule has 18 heavy (non-hydrogen) atoms. The van der Waals surface area contributed by atoms with E-state index in [1.54, 1.807) is 36.2 Å². The first-order valence-electron chi connectivity index (χ1n) is 6.08. The molecule has 1 aromatic rings. The van der Waals surface area contributed by atoms with Crippen molar-refractivity contribution in [3.63, 3.8) is 0 Å². The molecule has 0 saturated heterocycles. The summed E-state index contributed by atoms with van der Waals surface area (Å²) < 4.78 is 0. The highest BCUT2D eigenvalue weighted by atomic mass is 16.2. The Morgan fingerprint density at radius 3 is 2.39 bits per heavy atom. The van der Waals surface area contributed by atoms with Gasteiger partial charge in [0.05, 0.1) is 6.54 Å². The Morgan fingerprint density at radius 1 is 1.22 bits per heavy atom. The van der Waals surface area contributed by atoms with E-state index in [9.17, 15) is 9.59 Å². The molecule has 4 heteroatoms. The van der Waals surface area contributed by atoms with Gasteiger partial charge in [-0.2, -0.15) is 0 Å². The zero-order valence-electron chi connectivity index (χ0n) is 11.1. The molecule has 1 N–H and O–H groups in total. The van der Waals surface area contributed by atoms with Crippen LogP contribution in [0.15, 0.2) is 30.3 Å². The van der Waals surface area contributed by atoms with Crippen molar-refractivity contribution in [2.24, 2.45) is 5.92 Å². The highest BCUT2D eigenvalue weighted by molar-refractivity contribution is 5.96. The molecule has 0 fully saturated rings. The summed E-state index contributed by atoms with van der Waals surface area (Å²) in [6.45, 7) is 4.83. The maximum absolute atomic E-state index is 11.7. The highest BCUT2D eigenvalue weighted by Crippen LogP contribution is 1.98. The van der Waals surface area contributed by atoms with E-state index in [0.717, 1.165) is 0 Å². The number of amides is 2. The van der Waals surface area contributed by atoms with Gasteiger partial charge in [0, 0.05) is 19.2 Å². The first-order chi connectivity index (χ1) is 8.50. The van der Waals surface area contributed by atoms with Gasteiger partial charge in [0.2, 0.25) is 5.91 Å². The monoisotopic (exact) mass is 248 g/mol. The Bertz CT molecular complexity index is 402. The smallest absolute Gasteiger partial charge is 0.251 e. The summed E-state index contributed by atoms with van der Waals surface area (Å²) in [5, 5.41) is 2.62. The van der Waals surface area contributed by atoms with E-state index in [1.807, 2.05) is 19.9 Å². The molecule has 0 saturated carbocycles. The average Bonchev–Trinajstić information content (AvgIpc) is 2.35. The molecule has 0 aromatic heterocycles. The van der Waals surface area contributed by atoms with Crippen LogP contribution >= 0.6 is 0 Å². The molecule has 1 rings (SSSR count). The van der Waals surface area contributed by atoms with Crippen molar-refractivity contribution in [1.29, 1.82) is 0 Å². The minimum atomic E-state index is -0.220. The summed E-state index contributed by atoms with van der Waals surface area (Å²) in [6.07, 6.45) is 0. The number of rotatable bonds is 5. The molecule has 0 aliphatic heterocycles. The topological polar surface area (TPSA) is 49.4 Å². The van der Waals surface area contributed by atoms with Crippen molar-refractivity contribution in [1.82, 2.24) is 10.2 Å². The van der Waals surface area contributed by atoms with Crippen LogP contribution in [0.25, 0.3) is 0 Å². The Balaban J connectivity index is 2.41. The van der Waals surface area contributed by atoms with Crippen LogP contribution in [-0.2, 0) is 4.79 Å². The number of nitrogens with zero attached hydrogens (tertiary/aromatic N) is 1. The molecule has 2 amide bonds. The number of benzene rings is 1. The van der Waals surface area contributed by atoms with E-state index in [1.165, 1.54) is 0 Å². The minimum absolute atomic E-state index is 0.0386. The second kappa shape index (κ2) is 6.79. The molecule has 0 heterocycles. The molecule has 4 nitrogen and oxygen atoms in total. The van der Waals surface area contributed by atoms with E-state index < -0.39 is 0 Å². The number of nitrogens with one attached hydrogen (secondary N) is 1. The fourth-order valence-electron chi connectivity index (χ4n) is 1.63. The van der Waals surface area contributed by atoms with Gasteiger partial charge in [0.25, 0.3) is 5.91 Å². The van der Waals surface area contributed by atoms with Gasteiger partial charge in [-0.3, -0.25) is 9.59 Å². The summed E-state index contributed by atoms with van der Waals surface area (Å²) in [4.78, 5) is 25.1. The molecule has 0 aliphatic rings. The molecular weight excluding hydrogens is 228 g/mol. The Kier molecular flexibility index (Phi) is 5.36. The molecular formula is C14H20N2O2. The molecule has 98 valence electrons. The lowest BCUT2D eigenvalue weighted by atomic mass is 10.2. The first-order valence-corrected chi connectivity index (χ1v) is 6.08. The number of hydrogen-bond donors (Lipinski definition) is 1. The number of carbonyl (C=O) groups is 2. The van der Waals surface area contributed by atoms with Crippen LogP contribution < -0.4 is 5.32 Å². The SMILES string of the molecule is CC(C)CN(C)C(=O)CNC(=O)c1ccccc1. The summed E-state index contributed by atoms with van der Waals surface area (Å²) >= 11 is 0. The Morgan fingerprint density at radius 2 is 1.83 bits per heavy atom. The molecule has 0 spiro atoms. The standard InChI is InChI=1S/C14H20N2O2/c1-11(2)10-16(3)13(17)9-15-14(18)12-7-5-4-6-8-12/h4-8,11H,9-10H2,1-3H3,(H,15,18). The fourth-order valence-corrected chi connectivity index (χ4v) is 1.63. The molecule has 1 aromatic carbocycles. The highest BCUT2D eigenvalue weighted by Gasteiger charge is 2.12. The van der Waals surface area contributed by atoms with Gasteiger partial charge < -0.3 is 10.2 Å². The van der Waals surface area contributed by atoms with Crippen molar-refractivity contribution < 1.29 is 9.59 Å². The largest absolute Gasteiger partial charge is 0.344 e. The van der Waals surface area contributed by atoms with Crippen molar-refractivity contribution in [2.45, 2.75) is 13.8 Å². The van der Waals surface area contributed by atoms with Crippen LogP contribution in [-0.4, -0.2) is 36.9 Å². The summed E-state index contributed by atoms with van der Waals surface area (Å²) in [7, 11) is 1.75. The summed E-state index contributed by atoms with van der Waals surface area (Å²) in [5.41, 5.74) is 0.566.